The van der Waals surface area contributed by atoms with E-state index in [0.29, 0.717) is 25.2 Å². The first-order chi connectivity index (χ1) is 9.70. The SMILES string of the molecule is CN(Cc1ccco1)C(=O)CN1CCC2CCC(C1)N2. The molecule has 2 saturated heterocycles. The molecular formula is C15H23N3O2. The van der Waals surface area contributed by atoms with Crippen molar-refractivity contribution in [1.29, 1.82) is 0 Å². The van der Waals surface area contributed by atoms with Crippen LogP contribution in [0.5, 0.6) is 0 Å². The zero-order valence-electron chi connectivity index (χ0n) is 12.0. The van der Waals surface area contributed by atoms with Gasteiger partial charge in [0.25, 0.3) is 0 Å². The first-order valence-corrected chi connectivity index (χ1v) is 7.45. The van der Waals surface area contributed by atoms with Gasteiger partial charge in [0, 0.05) is 32.2 Å². The van der Waals surface area contributed by atoms with Crippen LogP contribution in [-0.4, -0.2) is 54.5 Å². The Labute approximate surface area is 119 Å². The normalized spacial score (nSPS) is 26.4. The van der Waals surface area contributed by atoms with Gasteiger partial charge in [-0.05, 0) is 31.4 Å². The zero-order chi connectivity index (χ0) is 13.9. The summed E-state index contributed by atoms with van der Waals surface area (Å²) in [4.78, 5) is 16.3. The predicted molar refractivity (Wildman–Crippen MR) is 76.2 cm³/mol. The summed E-state index contributed by atoms with van der Waals surface area (Å²) >= 11 is 0. The van der Waals surface area contributed by atoms with Gasteiger partial charge in [-0.1, -0.05) is 0 Å². The van der Waals surface area contributed by atoms with Crippen LogP contribution < -0.4 is 5.32 Å². The molecule has 110 valence electrons. The molecule has 1 N–H and O–H groups in total. The number of fused-ring (bicyclic) bond motifs is 2. The van der Waals surface area contributed by atoms with Gasteiger partial charge >= 0.3 is 0 Å². The van der Waals surface area contributed by atoms with E-state index in [1.165, 1.54) is 12.8 Å². The summed E-state index contributed by atoms with van der Waals surface area (Å²) in [5.74, 6) is 0.997. The Bertz CT molecular complexity index is 446. The Hall–Kier alpha value is -1.33. The van der Waals surface area contributed by atoms with E-state index in [2.05, 4.69) is 10.2 Å². The van der Waals surface area contributed by atoms with Crippen molar-refractivity contribution < 1.29 is 9.21 Å². The van der Waals surface area contributed by atoms with Crippen molar-refractivity contribution in [2.45, 2.75) is 37.9 Å². The summed E-state index contributed by atoms with van der Waals surface area (Å²) in [6.07, 6.45) is 5.35. The number of furan rings is 1. The molecule has 0 radical (unpaired) electrons. The van der Waals surface area contributed by atoms with Crippen molar-refractivity contribution in [3.05, 3.63) is 24.2 Å². The number of likely N-dealkylation sites (tertiary alicyclic amines) is 1. The van der Waals surface area contributed by atoms with Crippen LogP contribution in [0, 0.1) is 0 Å². The molecule has 0 saturated carbocycles. The monoisotopic (exact) mass is 277 g/mol. The van der Waals surface area contributed by atoms with Gasteiger partial charge in [-0.2, -0.15) is 0 Å². The Morgan fingerprint density at radius 3 is 3.10 bits per heavy atom. The first-order valence-electron chi connectivity index (χ1n) is 7.45. The molecule has 1 aromatic heterocycles. The van der Waals surface area contributed by atoms with Crippen LogP contribution in [0.2, 0.25) is 0 Å². The summed E-state index contributed by atoms with van der Waals surface area (Å²) in [6.45, 7) is 3.08. The molecule has 1 amide bonds. The number of hydrogen-bond acceptors (Lipinski definition) is 4. The van der Waals surface area contributed by atoms with E-state index in [1.54, 1.807) is 11.2 Å². The number of carbonyl (C=O) groups is 1. The summed E-state index contributed by atoms with van der Waals surface area (Å²) in [6, 6.07) is 5.00. The second kappa shape index (κ2) is 5.97. The van der Waals surface area contributed by atoms with Crippen LogP contribution in [-0.2, 0) is 11.3 Å². The van der Waals surface area contributed by atoms with Crippen molar-refractivity contribution in [2.75, 3.05) is 26.7 Å². The van der Waals surface area contributed by atoms with Crippen molar-refractivity contribution in [3.8, 4) is 0 Å². The maximum atomic E-state index is 12.3. The van der Waals surface area contributed by atoms with Crippen molar-refractivity contribution in [3.63, 3.8) is 0 Å². The van der Waals surface area contributed by atoms with Crippen LogP contribution >= 0.6 is 0 Å². The highest BCUT2D eigenvalue weighted by Crippen LogP contribution is 2.20. The fourth-order valence-electron chi connectivity index (χ4n) is 3.20. The molecule has 2 bridgehead atoms. The second-order valence-electron chi connectivity index (χ2n) is 5.99. The Kier molecular flexibility index (Phi) is 4.08. The van der Waals surface area contributed by atoms with E-state index in [-0.39, 0.29) is 5.91 Å². The number of rotatable bonds is 4. The minimum Gasteiger partial charge on any atom is -0.467 e. The fraction of sp³-hybridized carbons (Fsp3) is 0.667. The summed E-state index contributed by atoms with van der Waals surface area (Å²) in [5.41, 5.74) is 0. The van der Waals surface area contributed by atoms with Gasteiger partial charge in [0.05, 0.1) is 19.4 Å². The maximum Gasteiger partial charge on any atom is 0.236 e. The first kappa shape index (κ1) is 13.6. The van der Waals surface area contributed by atoms with Gasteiger partial charge in [0.1, 0.15) is 5.76 Å². The molecule has 0 spiro atoms. The Morgan fingerprint density at radius 1 is 1.45 bits per heavy atom. The topological polar surface area (TPSA) is 48.7 Å². The highest BCUT2D eigenvalue weighted by atomic mass is 16.3. The van der Waals surface area contributed by atoms with Gasteiger partial charge in [0.15, 0.2) is 0 Å². The number of likely N-dealkylation sites (N-methyl/N-ethyl adjacent to an activating group) is 1. The maximum absolute atomic E-state index is 12.3. The third-order valence-corrected chi connectivity index (χ3v) is 4.37. The van der Waals surface area contributed by atoms with Crippen LogP contribution in [0.3, 0.4) is 0 Å². The Balaban J connectivity index is 1.50. The molecule has 2 aliphatic rings. The highest BCUT2D eigenvalue weighted by molar-refractivity contribution is 5.77. The summed E-state index contributed by atoms with van der Waals surface area (Å²) in [5, 5.41) is 3.64. The summed E-state index contributed by atoms with van der Waals surface area (Å²) < 4.78 is 5.29. The largest absolute Gasteiger partial charge is 0.467 e. The van der Waals surface area contributed by atoms with Gasteiger partial charge in [0.2, 0.25) is 5.91 Å². The van der Waals surface area contributed by atoms with E-state index < -0.39 is 0 Å². The van der Waals surface area contributed by atoms with E-state index in [1.807, 2.05) is 19.2 Å². The molecule has 2 atom stereocenters. The quantitative estimate of drug-likeness (QED) is 0.894. The molecule has 5 nitrogen and oxygen atoms in total. The standard InChI is InChI=1S/C15H23N3O2/c1-17(10-14-3-2-8-20-14)15(19)11-18-7-6-12-4-5-13(9-18)16-12/h2-3,8,12-13,16H,4-7,9-11H2,1H3. The van der Waals surface area contributed by atoms with Crippen LogP contribution in [0.25, 0.3) is 0 Å². The summed E-state index contributed by atoms with van der Waals surface area (Å²) in [7, 11) is 1.84. The lowest BCUT2D eigenvalue weighted by molar-refractivity contribution is -0.131. The lowest BCUT2D eigenvalue weighted by Gasteiger charge is -2.25. The smallest absolute Gasteiger partial charge is 0.236 e. The molecule has 0 aliphatic carbocycles. The van der Waals surface area contributed by atoms with Gasteiger partial charge in [-0.15, -0.1) is 0 Å². The van der Waals surface area contributed by atoms with E-state index in [4.69, 9.17) is 4.42 Å². The number of hydrogen-bond donors (Lipinski definition) is 1. The lowest BCUT2D eigenvalue weighted by Crippen LogP contribution is -2.42. The number of nitrogens with zero attached hydrogens (tertiary/aromatic N) is 2. The number of amides is 1. The van der Waals surface area contributed by atoms with Crippen LogP contribution in [0.15, 0.2) is 22.8 Å². The minimum atomic E-state index is 0.166. The Morgan fingerprint density at radius 2 is 2.30 bits per heavy atom. The molecule has 3 heterocycles. The average Bonchev–Trinajstić information content (AvgIpc) is 3.02. The zero-order valence-corrected chi connectivity index (χ0v) is 12.0. The predicted octanol–water partition coefficient (Wildman–Crippen LogP) is 1.06. The molecule has 2 fully saturated rings. The van der Waals surface area contributed by atoms with Crippen molar-refractivity contribution in [2.24, 2.45) is 0 Å². The third kappa shape index (κ3) is 3.22. The van der Waals surface area contributed by atoms with E-state index >= 15 is 0 Å². The van der Waals surface area contributed by atoms with E-state index in [9.17, 15) is 4.79 Å². The van der Waals surface area contributed by atoms with E-state index in [0.717, 1.165) is 25.3 Å². The van der Waals surface area contributed by atoms with Crippen molar-refractivity contribution >= 4 is 5.91 Å². The molecule has 2 unspecified atom stereocenters. The minimum absolute atomic E-state index is 0.166. The van der Waals surface area contributed by atoms with Gasteiger partial charge in [-0.25, -0.2) is 0 Å². The average molecular weight is 277 g/mol. The van der Waals surface area contributed by atoms with Crippen LogP contribution in [0.4, 0.5) is 0 Å². The van der Waals surface area contributed by atoms with Gasteiger partial charge < -0.3 is 14.6 Å². The fourth-order valence-corrected chi connectivity index (χ4v) is 3.20. The molecule has 3 rings (SSSR count). The number of carbonyl (C=O) groups excluding carboxylic acids is 1. The second-order valence-corrected chi connectivity index (χ2v) is 5.99. The lowest BCUT2D eigenvalue weighted by atomic mass is 10.1. The third-order valence-electron chi connectivity index (χ3n) is 4.37. The number of nitrogens with one attached hydrogen (secondary N) is 1. The highest BCUT2D eigenvalue weighted by Gasteiger charge is 2.30. The molecule has 0 aromatic carbocycles. The van der Waals surface area contributed by atoms with Crippen molar-refractivity contribution in [1.82, 2.24) is 15.1 Å². The molecule has 1 aromatic rings. The molecule has 5 heteroatoms. The molecule has 2 aliphatic heterocycles. The van der Waals surface area contributed by atoms with Crippen LogP contribution in [0.1, 0.15) is 25.0 Å². The molecule has 20 heavy (non-hydrogen) atoms. The molecular weight excluding hydrogens is 254 g/mol. The van der Waals surface area contributed by atoms with Gasteiger partial charge in [-0.3, -0.25) is 9.69 Å².